The average Bonchev–Trinajstić information content (AvgIpc) is 2.15. The van der Waals surface area contributed by atoms with Gasteiger partial charge >= 0.3 is 0 Å². The van der Waals surface area contributed by atoms with Crippen molar-refractivity contribution in [2.75, 3.05) is 0 Å². The second-order valence-electron chi connectivity index (χ2n) is 4.24. The first-order chi connectivity index (χ1) is 6.43. The third kappa shape index (κ3) is 3.07. The van der Waals surface area contributed by atoms with Gasteiger partial charge in [-0.05, 0) is 25.6 Å². The predicted octanol–water partition coefficient (Wildman–Crippen LogP) is 5.02. The molecule has 0 atom stereocenters. The van der Waals surface area contributed by atoms with Crippen molar-refractivity contribution in [3.8, 4) is 0 Å². The van der Waals surface area contributed by atoms with Gasteiger partial charge in [0.15, 0.2) is 0 Å². The number of hydrogen-bond acceptors (Lipinski definition) is 0. The van der Waals surface area contributed by atoms with Crippen LogP contribution in [-0.2, 0) is 0 Å². The molecular weight excluding hydrogens is 320 g/mol. The molecule has 0 aromatic heterocycles. The van der Waals surface area contributed by atoms with E-state index in [0.29, 0.717) is 0 Å². The fourth-order valence-corrected chi connectivity index (χ4v) is 4.12. The Morgan fingerprint density at radius 3 is 1.93 bits per heavy atom. The Balaban J connectivity index is 3.12. The molecule has 0 aliphatic carbocycles. The zero-order valence-corrected chi connectivity index (χ0v) is 12.8. The van der Waals surface area contributed by atoms with Gasteiger partial charge in [-0.3, -0.25) is 0 Å². The quantitative estimate of drug-likeness (QED) is 0.666. The predicted molar refractivity (Wildman–Crippen MR) is 74.6 cm³/mol. The lowest BCUT2D eigenvalue weighted by molar-refractivity contribution is 1.65. The number of benzene rings is 1. The van der Waals surface area contributed by atoms with Crippen molar-refractivity contribution in [1.29, 1.82) is 0 Å². The summed E-state index contributed by atoms with van der Waals surface area (Å²) in [6, 6.07) is 10.4. The second-order valence-corrected chi connectivity index (χ2v) is 11.6. The van der Waals surface area contributed by atoms with Crippen LogP contribution in [0.1, 0.15) is 5.56 Å². The number of hydrogen-bond donors (Lipinski definition) is 0. The van der Waals surface area contributed by atoms with Crippen molar-refractivity contribution in [1.82, 2.24) is 0 Å². The molecule has 0 unspecified atom stereocenters. The Bertz CT molecular complexity index is 336. The first-order valence-electron chi connectivity index (χ1n) is 4.54. The van der Waals surface area contributed by atoms with Gasteiger partial charge < -0.3 is 0 Å². The number of rotatable bonds is 2. The molecule has 0 radical (unpaired) electrons. The molecule has 0 saturated carbocycles. The van der Waals surface area contributed by atoms with Crippen LogP contribution in [0.2, 0.25) is 19.6 Å². The van der Waals surface area contributed by atoms with E-state index in [0.717, 1.165) is 0 Å². The summed E-state index contributed by atoms with van der Waals surface area (Å²) >= 11 is 7.35. The van der Waals surface area contributed by atoms with Crippen LogP contribution < -0.4 is 0 Å². The summed E-state index contributed by atoms with van der Waals surface area (Å²) in [4.78, 5) is 0. The van der Waals surface area contributed by atoms with Crippen LogP contribution in [0.15, 0.2) is 34.4 Å². The smallest absolute Gasteiger partial charge is 0.0651 e. The van der Waals surface area contributed by atoms with Crippen molar-refractivity contribution in [3.05, 3.63) is 40.0 Å². The van der Waals surface area contributed by atoms with E-state index in [1.54, 1.807) is 0 Å². The van der Waals surface area contributed by atoms with Crippen molar-refractivity contribution >= 4 is 44.4 Å². The third-order valence-corrected chi connectivity index (χ3v) is 9.16. The van der Waals surface area contributed by atoms with Gasteiger partial charge in [0.2, 0.25) is 0 Å². The molecule has 0 bridgehead atoms. The summed E-state index contributed by atoms with van der Waals surface area (Å²) in [5.74, 6) is 0. The minimum absolute atomic E-state index is 1.19. The van der Waals surface area contributed by atoms with E-state index in [2.05, 4.69) is 75.8 Å². The Morgan fingerprint density at radius 1 is 1.00 bits per heavy atom. The maximum Gasteiger partial charge on any atom is 0.0880 e. The summed E-state index contributed by atoms with van der Waals surface area (Å²) in [6.07, 6.45) is 0. The fourth-order valence-electron chi connectivity index (χ4n) is 1.04. The Labute approximate surface area is 104 Å². The largest absolute Gasteiger partial charge is 0.0880 e. The summed E-state index contributed by atoms with van der Waals surface area (Å²) in [5.41, 5.74) is 1.24. The number of halogens is 2. The maximum atomic E-state index is 3.69. The van der Waals surface area contributed by atoms with Crippen LogP contribution in [0, 0.1) is 0 Å². The lowest BCUT2D eigenvalue weighted by atomic mass is 10.2. The highest BCUT2D eigenvalue weighted by atomic mass is 79.9. The van der Waals surface area contributed by atoms with Crippen molar-refractivity contribution in [2.45, 2.75) is 19.6 Å². The molecule has 0 spiro atoms. The molecule has 1 rings (SSSR count). The third-order valence-electron chi connectivity index (χ3n) is 1.88. The van der Waals surface area contributed by atoms with E-state index < -0.39 is 8.07 Å². The standard InChI is InChI=1S/C11H14Br2Si/c1-14(2,3)11(13)10(12)9-7-5-4-6-8-9/h4-8H,1-3H3/b11-10+. The molecule has 76 valence electrons. The Hall–Kier alpha value is 0.137. The minimum atomic E-state index is -1.26. The topological polar surface area (TPSA) is 0 Å². The Morgan fingerprint density at radius 2 is 1.50 bits per heavy atom. The molecule has 0 N–H and O–H groups in total. The van der Waals surface area contributed by atoms with Crippen molar-refractivity contribution in [2.24, 2.45) is 0 Å². The molecule has 0 heterocycles. The van der Waals surface area contributed by atoms with E-state index in [4.69, 9.17) is 0 Å². The Kier molecular flexibility index (Phi) is 4.16. The molecule has 0 saturated heterocycles. The minimum Gasteiger partial charge on any atom is -0.0651 e. The normalized spacial score (nSPS) is 13.8. The van der Waals surface area contributed by atoms with E-state index >= 15 is 0 Å². The summed E-state index contributed by atoms with van der Waals surface area (Å²) in [6.45, 7) is 6.96. The van der Waals surface area contributed by atoms with Gasteiger partial charge in [0.1, 0.15) is 0 Å². The highest BCUT2D eigenvalue weighted by Crippen LogP contribution is 2.34. The molecule has 0 amide bonds. The van der Waals surface area contributed by atoms with E-state index in [1.165, 1.54) is 14.2 Å². The lowest BCUT2D eigenvalue weighted by Crippen LogP contribution is -2.20. The molecule has 1 aromatic carbocycles. The summed E-state index contributed by atoms with van der Waals surface area (Å²) < 4.78 is 2.52. The second kappa shape index (κ2) is 4.77. The summed E-state index contributed by atoms with van der Waals surface area (Å²) in [5, 5.41) is 0. The molecule has 0 fully saturated rings. The van der Waals surface area contributed by atoms with Crippen LogP contribution in [0.5, 0.6) is 0 Å². The molecule has 1 aromatic rings. The highest BCUT2D eigenvalue weighted by molar-refractivity contribution is 9.17. The molecular formula is C11H14Br2Si. The van der Waals surface area contributed by atoms with Gasteiger partial charge in [-0.2, -0.15) is 0 Å². The van der Waals surface area contributed by atoms with Crippen LogP contribution in [0.25, 0.3) is 4.48 Å². The van der Waals surface area contributed by atoms with Gasteiger partial charge in [0.05, 0.1) is 8.07 Å². The summed E-state index contributed by atoms with van der Waals surface area (Å²) in [7, 11) is -1.26. The lowest BCUT2D eigenvalue weighted by Gasteiger charge is -2.17. The van der Waals surface area contributed by atoms with Gasteiger partial charge in [-0.25, -0.2) is 0 Å². The van der Waals surface area contributed by atoms with Gasteiger partial charge in [0.25, 0.3) is 0 Å². The zero-order chi connectivity index (χ0) is 10.8. The van der Waals surface area contributed by atoms with Gasteiger partial charge in [0, 0.05) is 4.48 Å². The van der Waals surface area contributed by atoms with E-state index in [-0.39, 0.29) is 0 Å². The van der Waals surface area contributed by atoms with Crippen molar-refractivity contribution in [3.63, 3.8) is 0 Å². The van der Waals surface area contributed by atoms with Crippen molar-refractivity contribution < 1.29 is 0 Å². The fraction of sp³-hybridized carbons (Fsp3) is 0.273. The van der Waals surface area contributed by atoms with Gasteiger partial charge in [-0.15, -0.1) is 0 Å². The van der Waals surface area contributed by atoms with Crippen LogP contribution in [-0.4, -0.2) is 8.07 Å². The average molecular weight is 334 g/mol. The van der Waals surface area contributed by atoms with E-state index in [1.807, 2.05) is 6.07 Å². The molecule has 3 heteroatoms. The van der Waals surface area contributed by atoms with Crippen LogP contribution in [0.4, 0.5) is 0 Å². The maximum absolute atomic E-state index is 3.69. The van der Waals surface area contributed by atoms with Gasteiger partial charge in [-0.1, -0.05) is 65.9 Å². The highest BCUT2D eigenvalue weighted by Gasteiger charge is 2.20. The van der Waals surface area contributed by atoms with Crippen LogP contribution in [0.3, 0.4) is 0 Å². The molecule has 14 heavy (non-hydrogen) atoms. The first kappa shape index (κ1) is 12.2. The van der Waals surface area contributed by atoms with Crippen LogP contribution >= 0.6 is 31.9 Å². The molecule has 0 aliphatic rings. The molecule has 0 nitrogen and oxygen atoms in total. The van der Waals surface area contributed by atoms with E-state index in [9.17, 15) is 0 Å². The zero-order valence-electron chi connectivity index (χ0n) is 8.64. The monoisotopic (exact) mass is 332 g/mol. The first-order valence-corrected chi connectivity index (χ1v) is 9.62. The SMILES string of the molecule is C[Si](C)(C)/C(Br)=C(/Br)c1ccccc1. The molecule has 0 aliphatic heterocycles.